The van der Waals surface area contributed by atoms with Crippen molar-refractivity contribution in [3.63, 3.8) is 0 Å². The minimum absolute atomic E-state index is 1.04. The first-order valence-corrected chi connectivity index (χ1v) is 5.21. The van der Waals surface area contributed by atoms with Gasteiger partial charge < -0.3 is 0 Å². The van der Waals surface area contributed by atoms with Crippen molar-refractivity contribution in [3.8, 4) is 0 Å². The molecule has 0 saturated carbocycles. The molecule has 0 unspecified atom stereocenters. The van der Waals surface area contributed by atoms with E-state index in [-0.39, 0.29) is 0 Å². The van der Waals surface area contributed by atoms with Crippen molar-refractivity contribution in [3.05, 3.63) is 34.9 Å². The summed E-state index contributed by atoms with van der Waals surface area (Å²) in [5, 5.41) is 1.82. The second-order valence-electron chi connectivity index (χ2n) is 3.48. The first-order chi connectivity index (χ1) is 6.24. The third kappa shape index (κ3) is 3.27. The molecule has 0 aliphatic heterocycles. The first kappa shape index (κ1) is 10.4. The third-order valence-corrected chi connectivity index (χ3v) is 2.59. The molecule has 13 heavy (non-hydrogen) atoms. The van der Waals surface area contributed by atoms with Crippen LogP contribution >= 0.6 is 12.2 Å². The maximum atomic E-state index is 4.79. The number of rotatable bonds is 4. The van der Waals surface area contributed by atoms with Gasteiger partial charge in [-0.2, -0.15) is 0 Å². The van der Waals surface area contributed by atoms with Crippen LogP contribution in [0.4, 0.5) is 0 Å². The van der Waals surface area contributed by atoms with Crippen LogP contribution in [-0.2, 0) is 6.42 Å². The van der Waals surface area contributed by atoms with Crippen molar-refractivity contribution in [1.82, 2.24) is 0 Å². The van der Waals surface area contributed by atoms with Crippen LogP contribution in [0.1, 0.15) is 29.5 Å². The molecule has 1 aromatic carbocycles. The molecule has 0 fully saturated rings. The normalized spacial score (nSPS) is 10.0. The smallest absolute Gasteiger partial charge is 0.0210 e. The predicted octanol–water partition coefficient (Wildman–Crippen LogP) is 3.63. The Morgan fingerprint density at radius 3 is 2.62 bits per heavy atom. The van der Waals surface area contributed by atoms with Gasteiger partial charge in [0.1, 0.15) is 0 Å². The van der Waals surface area contributed by atoms with E-state index in [2.05, 4.69) is 32.0 Å². The highest BCUT2D eigenvalue weighted by Crippen LogP contribution is 2.11. The summed E-state index contributed by atoms with van der Waals surface area (Å²) in [7, 11) is 0. The summed E-state index contributed by atoms with van der Waals surface area (Å²) >= 11 is 4.79. The fraction of sp³-hybridized carbons (Fsp3) is 0.417. The Hall–Kier alpha value is -0.690. The van der Waals surface area contributed by atoms with E-state index in [0.717, 1.165) is 12.8 Å². The summed E-state index contributed by atoms with van der Waals surface area (Å²) in [6.07, 6.45) is 3.36. The van der Waals surface area contributed by atoms with Crippen molar-refractivity contribution >= 4 is 17.6 Å². The molecule has 0 N–H and O–H groups in total. The van der Waals surface area contributed by atoms with Crippen LogP contribution in [0, 0.1) is 13.8 Å². The molecule has 0 aromatic heterocycles. The molecule has 0 radical (unpaired) electrons. The van der Waals surface area contributed by atoms with E-state index < -0.39 is 0 Å². The molecule has 0 aliphatic carbocycles. The SMILES string of the molecule is Cc1ccc(CCCC=S)cc1C. The first-order valence-electron chi connectivity index (χ1n) is 4.74. The Morgan fingerprint density at radius 1 is 1.23 bits per heavy atom. The molecule has 0 heterocycles. The molecule has 0 saturated heterocycles. The van der Waals surface area contributed by atoms with Crippen LogP contribution in [-0.4, -0.2) is 5.37 Å². The molecule has 0 spiro atoms. The summed E-state index contributed by atoms with van der Waals surface area (Å²) < 4.78 is 0. The molecule has 70 valence electrons. The van der Waals surface area contributed by atoms with Crippen molar-refractivity contribution < 1.29 is 0 Å². The van der Waals surface area contributed by atoms with E-state index in [1.54, 1.807) is 0 Å². The van der Waals surface area contributed by atoms with Crippen molar-refractivity contribution in [2.24, 2.45) is 0 Å². The Labute approximate surface area is 86.0 Å². The average Bonchev–Trinajstić information content (AvgIpc) is 2.12. The Morgan fingerprint density at radius 2 is 2.00 bits per heavy atom. The lowest BCUT2D eigenvalue weighted by atomic mass is 10.0. The second kappa shape index (κ2) is 5.13. The van der Waals surface area contributed by atoms with Crippen molar-refractivity contribution in [2.75, 3.05) is 0 Å². The molecule has 0 nitrogen and oxygen atoms in total. The van der Waals surface area contributed by atoms with E-state index in [0.29, 0.717) is 0 Å². The maximum Gasteiger partial charge on any atom is -0.0210 e. The second-order valence-corrected chi connectivity index (χ2v) is 3.81. The zero-order valence-electron chi connectivity index (χ0n) is 8.34. The lowest BCUT2D eigenvalue weighted by Gasteiger charge is -2.03. The minimum atomic E-state index is 1.04. The highest BCUT2D eigenvalue weighted by molar-refractivity contribution is 7.78. The largest absolute Gasteiger partial charge is 0.0935 e. The van der Waals surface area contributed by atoms with Gasteiger partial charge in [-0.25, -0.2) is 0 Å². The molecular formula is C12H16S. The molecular weight excluding hydrogens is 176 g/mol. The Balaban J connectivity index is 2.57. The van der Waals surface area contributed by atoms with E-state index in [9.17, 15) is 0 Å². The van der Waals surface area contributed by atoms with Gasteiger partial charge in [-0.05, 0) is 55.2 Å². The summed E-state index contributed by atoms with van der Waals surface area (Å²) in [4.78, 5) is 0. The maximum absolute atomic E-state index is 4.79. The highest BCUT2D eigenvalue weighted by Gasteiger charge is 1.95. The number of unbranched alkanes of at least 4 members (excludes halogenated alkanes) is 1. The summed E-state index contributed by atoms with van der Waals surface area (Å²) in [5.74, 6) is 0. The molecule has 0 atom stereocenters. The van der Waals surface area contributed by atoms with Gasteiger partial charge in [0.2, 0.25) is 0 Å². The van der Waals surface area contributed by atoms with E-state index in [4.69, 9.17) is 12.2 Å². The summed E-state index contributed by atoms with van der Waals surface area (Å²) in [6, 6.07) is 6.69. The van der Waals surface area contributed by atoms with Crippen LogP contribution < -0.4 is 0 Å². The van der Waals surface area contributed by atoms with Gasteiger partial charge in [-0.1, -0.05) is 30.4 Å². The lowest BCUT2D eigenvalue weighted by molar-refractivity contribution is 0.877. The van der Waals surface area contributed by atoms with Crippen LogP contribution in [0.3, 0.4) is 0 Å². The van der Waals surface area contributed by atoms with Gasteiger partial charge in [0.05, 0.1) is 0 Å². The quantitative estimate of drug-likeness (QED) is 0.518. The van der Waals surface area contributed by atoms with Crippen molar-refractivity contribution in [2.45, 2.75) is 33.1 Å². The fourth-order valence-corrected chi connectivity index (χ4v) is 1.52. The zero-order valence-corrected chi connectivity index (χ0v) is 9.16. The number of benzene rings is 1. The van der Waals surface area contributed by atoms with Crippen LogP contribution in [0.2, 0.25) is 0 Å². The molecule has 1 rings (SSSR count). The van der Waals surface area contributed by atoms with Gasteiger partial charge in [0.15, 0.2) is 0 Å². The lowest BCUT2D eigenvalue weighted by Crippen LogP contribution is -1.88. The third-order valence-electron chi connectivity index (χ3n) is 2.36. The zero-order chi connectivity index (χ0) is 9.68. The highest BCUT2D eigenvalue weighted by atomic mass is 32.1. The Bertz CT molecular complexity index is 289. The van der Waals surface area contributed by atoms with Gasteiger partial charge in [-0.15, -0.1) is 0 Å². The van der Waals surface area contributed by atoms with Crippen molar-refractivity contribution in [1.29, 1.82) is 0 Å². The van der Waals surface area contributed by atoms with E-state index in [1.165, 1.54) is 23.1 Å². The monoisotopic (exact) mass is 192 g/mol. The van der Waals surface area contributed by atoms with Crippen LogP contribution in [0.5, 0.6) is 0 Å². The fourth-order valence-electron chi connectivity index (χ4n) is 1.35. The topological polar surface area (TPSA) is 0 Å². The van der Waals surface area contributed by atoms with Gasteiger partial charge in [0, 0.05) is 0 Å². The summed E-state index contributed by atoms with van der Waals surface area (Å²) in [5.41, 5.74) is 4.19. The number of thiocarbonyl (C=S) groups is 1. The Kier molecular flexibility index (Phi) is 4.10. The molecule has 0 amide bonds. The standard InChI is InChI=1S/C12H16S/c1-10-6-7-12(9-11(10)2)5-3-4-8-13/h6-9H,3-5H2,1-2H3. The number of hydrogen-bond acceptors (Lipinski definition) is 1. The van der Waals surface area contributed by atoms with Crippen LogP contribution in [0.15, 0.2) is 18.2 Å². The van der Waals surface area contributed by atoms with Gasteiger partial charge in [0.25, 0.3) is 0 Å². The van der Waals surface area contributed by atoms with E-state index in [1.807, 2.05) is 5.37 Å². The predicted molar refractivity (Wildman–Crippen MR) is 62.5 cm³/mol. The van der Waals surface area contributed by atoms with Gasteiger partial charge >= 0.3 is 0 Å². The summed E-state index contributed by atoms with van der Waals surface area (Å²) in [6.45, 7) is 4.31. The minimum Gasteiger partial charge on any atom is -0.0935 e. The molecule has 1 heteroatoms. The average molecular weight is 192 g/mol. The molecule has 1 aromatic rings. The molecule has 0 aliphatic rings. The molecule has 0 bridgehead atoms. The van der Waals surface area contributed by atoms with E-state index >= 15 is 0 Å². The number of aryl methyl sites for hydroxylation is 3. The van der Waals surface area contributed by atoms with Crippen LogP contribution in [0.25, 0.3) is 0 Å². The number of hydrogen-bond donors (Lipinski definition) is 0. The van der Waals surface area contributed by atoms with Gasteiger partial charge in [-0.3, -0.25) is 0 Å².